The van der Waals surface area contributed by atoms with E-state index in [4.69, 9.17) is 28.9 Å². The van der Waals surface area contributed by atoms with Crippen molar-refractivity contribution < 1.29 is 4.79 Å². The molecule has 1 aliphatic heterocycles. The molecule has 0 amide bonds. The molecule has 2 aromatic heterocycles. The molecule has 0 aliphatic carbocycles. The van der Waals surface area contributed by atoms with E-state index in [1.807, 2.05) is 6.07 Å². The molecule has 0 radical (unpaired) electrons. The van der Waals surface area contributed by atoms with Crippen molar-refractivity contribution in [3.05, 3.63) is 33.1 Å². The largest absolute Gasteiger partial charge is 0.397 e. The van der Waals surface area contributed by atoms with Crippen LogP contribution in [0.1, 0.15) is 16.6 Å². The molecule has 4 N–H and O–H groups in total. The molecule has 0 saturated carbocycles. The van der Waals surface area contributed by atoms with Crippen molar-refractivity contribution in [1.82, 2.24) is 15.3 Å². The summed E-state index contributed by atoms with van der Waals surface area (Å²) in [6, 6.07) is 5.56. The minimum absolute atomic E-state index is 0.0942. The summed E-state index contributed by atoms with van der Waals surface area (Å²) < 4.78 is 0. The van der Waals surface area contributed by atoms with Crippen molar-refractivity contribution in [2.45, 2.75) is 13.0 Å². The van der Waals surface area contributed by atoms with Gasteiger partial charge in [-0.2, -0.15) is 0 Å². The third kappa shape index (κ3) is 3.01. The second-order valence-corrected chi connectivity index (χ2v) is 7.92. The molecular weight excluding hydrogens is 393 g/mol. The van der Waals surface area contributed by atoms with Gasteiger partial charge in [0.25, 0.3) is 0 Å². The average molecular weight is 408 g/mol. The van der Waals surface area contributed by atoms with Crippen LogP contribution in [0.15, 0.2) is 18.2 Å². The molecule has 1 aliphatic rings. The van der Waals surface area contributed by atoms with E-state index in [0.29, 0.717) is 42.5 Å². The highest BCUT2D eigenvalue weighted by Gasteiger charge is 2.23. The third-order valence-corrected chi connectivity index (χ3v) is 6.16. The first kappa shape index (κ1) is 17.5. The predicted molar refractivity (Wildman–Crippen MR) is 108 cm³/mol. The fraction of sp³-hybridized carbons (Fsp3) is 0.235. The van der Waals surface area contributed by atoms with Gasteiger partial charge in [0, 0.05) is 25.6 Å². The van der Waals surface area contributed by atoms with E-state index < -0.39 is 0 Å². The number of thiophene rings is 1. The van der Waals surface area contributed by atoms with E-state index in [2.05, 4.69) is 20.6 Å². The van der Waals surface area contributed by atoms with Gasteiger partial charge in [0.2, 0.25) is 5.95 Å². The number of carbonyl (C=O) groups is 1. The van der Waals surface area contributed by atoms with Crippen LogP contribution in [0.5, 0.6) is 0 Å². The molecule has 1 saturated heterocycles. The SMILES string of the molecule is CC(=O)c1sc2nc(NC3CNC3)nc(-c3ccc(Cl)c(Cl)c3)c2c1N. The monoisotopic (exact) mass is 407 g/mol. The summed E-state index contributed by atoms with van der Waals surface area (Å²) in [4.78, 5) is 22.3. The molecule has 6 nitrogen and oxygen atoms in total. The van der Waals surface area contributed by atoms with Crippen LogP contribution in [-0.2, 0) is 0 Å². The van der Waals surface area contributed by atoms with Crippen molar-refractivity contribution in [2.24, 2.45) is 0 Å². The predicted octanol–water partition coefficient (Wildman–Crippen LogP) is 3.83. The van der Waals surface area contributed by atoms with Crippen LogP contribution in [0.25, 0.3) is 21.5 Å². The smallest absolute Gasteiger partial charge is 0.224 e. The van der Waals surface area contributed by atoms with Crippen LogP contribution in [-0.4, -0.2) is 34.9 Å². The molecule has 0 unspecified atom stereocenters. The number of hydrogen-bond donors (Lipinski definition) is 3. The molecule has 1 aromatic carbocycles. The number of Topliss-reactive ketones (excluding diaryl/α,β-unsaturated/α-hetero) is 1. The zero-order valence-electron chi connectivity index (χ0n) is 13.8. The Morgan fingerprint density at radius 2 is 2.08 bits per heavy atom. The Hall–Kier alpha value is -1.93. The lowest BCUT2D eigenvalue weighted by Crippen LogP contribution is -2.51. The summed E-state index contributed by atoms with van der Waals surface area (Å²) in [5, 5.41) is 8.04. The molecule has 0 atom stereocenters. The summed E-state index contributed by atoms with van der Waals surface area (Å²) in [5.41, 5.74) is 8.05. The number of carbonyl (C=O) groups excluding carboxylic acids is 1. The van der Waals surface area contributed by atoms with Crippen molar-refractivity contribution in [3.8, 4) is 11.3 Å². The maximum absolute atomic E-state index is 11.9. The molecule has 1 fully saturated rings. The highest BCUT2D eigenvalue weighted by Crippen LogP contribution is 2.40. The molecule has 3 aromatic rings. The van der Waals surface area contributed by atoms with Gasteiger partial charge in [0.1, 0.15) is 4.83 Å². The molecule has 4 rings (SSSR count). The number of rotatable bonds is 4. The van der Waals surface area contributed by atoms with E-state index in [-0.39, 0.29) is 11.8 Å². The van der Waals surface area contributed by atoms with Gasteiger partial charge in [0.05, 0.1) is 37.7 Å². The third-order valence-electron chi connectivity index (χ3n) is 4.22. The highest BCUT2D eigenvalue weighted by atomic mass is 35.5. The van der Waals surface area contributed by atoms with Crippen molar-refractivity contribution in [3.63, 3.8) is 0 Å². The van der Waals surface area contributed by atoms with Gasteiger partial charge in [-0.05, 0) is 12.1 Å². The Morgan fingerprint density at radius 1 is 1.31 bits per heavy atom. The van der Waals surface area contributed by atoms with Crippen LogP contribution in [0.4, 0.5) is 11.6 Å². The lowest BCUT2D eigenvalue weighted by atomic mass is 10.1. The number of nitrogens with zero attached hydrogens (tertiary/aromatic N) is 2. The summed E-state index contributed by atoms with van der Waals surface area (Å²) in [6.07, 6.45) is 0. The van der Waals surface area contributed by atoms with Crippen LogP contribution < -0.4 is 16.4 Å². The first-order valence-corrected chi connectivity index (χ1v) is 9.55. The standard InChI is InChI=1S/C17H15Cl2N5OS/c1-7(25)15-13(20)12-14(8-2-3-10(18)11(19)4-8)23-17(24-16(12)26-15)22-9-5-21-6-9/h2-4,9,21H,5-6,20H2,1H3,(H,22,23,24). The molecular formula is C17H15Cl2N5OS. The number of anilines is 2. The number of benzene rings is 1. The number of hydrogen-bond acceptors (Lipinski definition) is 7. The summed E-state index contributed by atoms with van der Waals surface area (Å²) in [7, 11) is 0. The highest BCUT2D eigenvalue weighted by molar-refractivity contribution is 7.21. The van der Waals surface area contributed by atoms with Gasteiger partial charge in [0.15, 0.2) is 5.78 Å². The summed E-state index contributed by atoms with van der Waals surface area (Å²) in [5.74, 6) is 0.407. The van der Waals surface area contributed by atoms with Crippen LogP contribution in [0, 0.1) is 0 Å². The number of fused-ring (bicyclic) bond motifs is 1. The van der Waals surface area contributed by atoms with Gasteiger partial charge in [-0.15, -0.1) is 11.3 Å². The first-order valence-electron chi connectivity index (χ1n) is 7.97. The Balaban J connectivity index is 1.94. The minimum atomic E-state index is -0.0942. The Morgan fingerprint density at radius 3 is 2.69 bits per heavy atom. The lowest BCUT2D eigenvalue weighted by Gasteiger charge is -2.28. The molecule has 3 heterocycles. The van der Waals surface area contributed by atoms with Crippen molar-refractivity contribution in [2.75, 3.05) is 24.1 Å². The normalized spacial score (nSPS) is 14.4. The molecule has 0 bridgehead atoms. The number of nitrogens with two attached hydrogens (primary N) is 1. The lowest BCUT2D eigenvalue weighted by molar-refractivity contribution is 0.102. The number of halogens is 2. The van der Waals surface area contributed by atoms with E-state index in [0.717, 1.165) is 18.7 Å². The summed E-state index contributed by atoms with van der Waals surface area (Å²) in [6.45, 7) is 3.20. The number of nitrogens with one attached hydrogen (secondary N) is 2. The molecule has 9 heteroatoms. The van der Waals surface area contributed by atoms with Gasteiger partial charge in [-0.3, -0.25) is 4.79 Å². The van der Waals surface area contributed by atoms with Crippen molar-refractivity contribution >= 4 is 62.2 Å². The Bertz CT molecular complexity index is 1030. The van der Waals surface area contributed by atoms with Gasteiger partial charge in [-0.25, -0.2) is 9.97 Å². The fourth-order valence-electron chi connectivity index (χ4n) is 2.77. The average Bonchev–Trinajstić information content (AvgIpc) is 2.90. The maximum atomic E-state index is 11.9. The van der Waals surface area contributed by atoms with Crippen LogP contribution in [0.2, 0.25) is 10.0 Å². The zero-order chi connectivity index (χ0) is 18.4. The minimum Gasteiger partial charge on any atom is -0.397 e. The quantitative estimate of drug-likeness (QED) is 0.568. The topological polar surface area (TPSA) is 92.9 Å². The molecule has 26 heavy (non-hydrogen) atoms. The number of ketones is 1. The molecule has 0 spiro atoms. The second kappa shape index (κ2) is 6.66. The van der Waals surface area contributed by atoms with Gasteiger partial charge < -0.3 is 16.4 Å². The fourth-order valence-corrected chi connectivity index (χ4v) is 4.06. The van der Waals surface area contributed by atoms with E-state index in [1.54, 1.807) is 12.1 Å². The summed E-state index contributed by atoms with van der Waals surface area (Å²) >= 11 is 13.5. The van der Waals surface area contributed by atoms with E-state index in [9.17, 15) is 4.79 Å². The van der Waals surface area contributed by atoms with Crippen molar-refractivity contribution in [1.29, 1.82) is 0 Å². The Labute approximate surface area is 163 Å². The number of nitrogen functional groups attached to an aromatic ring is 1. The van der Waals surface area contributed by atoms with Crippen LogP contribution in [0.3, 0.4) is 0 Å². The second-order valence-electron chi connectivity index (χ2n) is 6.11. The van der Waals surface area contributed by atoms with E-state index >= 15 is 0 Å². The zero-order valence-corrected chi connectivity index (χ0v) is 16.1. The van der Waals surface area contributed by atoms with Crippen LogP contribution >= 0.6 is 34.5 Å². The van der Waals surface area contributed by atoms with Gasteiger partial charge in [-0.1, -0.05) is 29.3 Å². The first-order chi connectivity index (χ1) is 12.4. The molecule has 134 valence electrons. The Kier molecular flexibility index (Phi) is 4.48. The van der Waals surface area contributed by atoms with E-state index in [1.165, 1.54) is 18.3 Å². The van der Waals surface area contributed by atoms with Gasteiger partial charge >= 0.3 is 0 Å². The maximum Gasteiger partial charge on any atom is 0.224 e. The number of aromatic nitrogens is 2.